The molecule has 1 amide bonds. The van der Waals surface area contributed by atoms with Crippen molar-refractivity contribution in [2.24, 2.45) is 0 Å². The van der Waals surface area contributed by atoms with Crippen LogP contribution >= 0.6 is 7.82 Å². The molecule has 0 aromatic heterocycles. The third kappa shape index (κ3) is 60.4. The van der Waals surface area contributed by atoms with Gasteiger partial charge in [-0.05, 0) is 89.5 Å². The molecule has 0 radical (unpaired) electrons. The van der Waals surface area contributed by atoms with E-state index in [1.54, 1.807) is 0 Å². The van der Waals surface area contributed by atoms with Crippen molar-refractivity contribution in [1.29, 1.82) is 0 Å². The lowest BCUT2D eigenvalue weighted by Gasteiger charge is -2.30. The second-order valence-corrected chi connectivity index (χ2v) is 25.7. The molecule has 0 heterocycles. The van der Waals surface area contributed by atoms with E-state index < -0.39 is 20.0 Å². The van der Waals surface area contributed by atoms with Gasteiger partial charge in [0.2, 0.25) is 5.91 Å². The number of phosphoric acid groups is 1. The molecule has 10 heteroatoms. The highest BCUT2D eigenvalue weighted by atomic mass is 31.2. The molecular weight excluding hydrogens is 1000 g/mol. The predicted octanol–water partition coefficient (Wildman–Crippen LogP) is 20.6. The molecule has 0 aromatic carbocycles. The highest BCUT2D eigenvalue weighted by Gasteiger charge is 2.27. The van der Waals surface area contributed by atoms with Gasteiger partial charge in [0.05, 0.1) is 33.8 Å². The van der Waals surface area contributed by atoms with Crippen molar-refractivity contribution in [1.82, 2.24) is 5.32 Å². The summed E-state index contributed by atoms with van der Waals surface area (Å²) in [4.78, 5) is 40.0. The average molecular weight is 1130 g/mol. The fraction of sp³-hybridized carbons (Fsp3) is 0.855. The Bertz CT molecular complexity index is 1490. The second-order valence-electron chi connectivity index (χ2n) is 24.3. The number of carbonyl (C=O) groups excluding carboxylic acids is 2. The van der Waals surface area contributed by atoms with E-state index in [1.165, 1.54) is 218 Å². The van der Waals surface area contributed by atoms with Crippen LogP contribution in [0.2, 0.25) is 0 Å². The number of ether oxygens (including phenoxy) is 1. The SMILES string of the molecule is CCCCC/C=C\C/C=C\CCCCCCCCCCCCCCCCCCCC(=O)OC(/C=C\CCCCCCCCCCC)C(COP(=O)([O-])OCC[N+](C)(C)C)NC(=O)CCCCCCCCC/C=C\CCCCCC. The molecule has 1 N–H and O–H groups in total. The van der Waals surface area contributed by atoms with Gasteiger partial charge in [-0.15, -0.1) is 0 Å². The lowest BCUT2D eigenvalue weighted by atomic mass is 10.0. The molecule has 0 fully saturated rings. The van der Waals surface area contributed by atoms with Crippen molar-refractivity contribution in [3.05, 3.63) is 48.6 Å². The largest absolute Gasteiger partial charge is 0.756 e. The van der Waals surface area contributed by atoms with Crippen molar-refractivity contribution in [3.8, 4) is 0 Å². The van der Waals surface area contributed by atoms with E-state index in [0.717, 1.165) is 77.0 Å². The zero-order valence-corrected chi connectivity index (χ0v) is 54.0. The summed E-state index contributed by atoms with van der Waals surface area (Å²) in [6.45, 7) is 6.83. The van der Waals surface area contributed by atoms with Gasteiger partial charge in [-0.2, -0.15) is 0 Å². The van der Waals surface area contributed by atoms with Gasteiger partial charge in [0.25, 0.3) is 7.82 Å². The number of amides is 1. The standard InChI is InChI=1S/C69H131N2O7P/c1-7-10-13-16-19-22-25-27-29-30-31-32-33-34-35-36-37-38-39-40-42-44-47-50-53-56-59-62-69(73)78-67(60-57-54-51-48-45-24-21-18-15-12-9-3)66(65-77-79(74,75)76-64-63-71(4,5)6)70-68(72)61-58-55-52-49-46-43-41-28-26-23-20-17-14-11-8-2/h19,22-23,26-27,29,57,60,66-67H,7-18,20-21,24-25,28,30-56,58-59,61-65H2,1-6H3,(H-,70,72,74,75)/b22-19-,26-23-,29-27-,60-57-. The highest BCUT2D eigenvalue weighted by molar-refractivity contribution is 7.45. The number of hydrogen-bond acceptors (Lipinski definition) is 7. The molecule has 79 heavy (non-hydrogen) atoms. The highest BCUT2D eigenvalue weighted by Crippen LogP contribution is 2.38. The number of hydrogen-bond donors (Lipinski definition) is 1. The first-order valence-corrected chi connectivity index (χ1v) is 35.4. The molecule has 3 atom stereocenters. The topological polar surface area (TPSA) is 114 Å². The number of quaternary nitrogens is 1. The number of phosphoric ester groups is 1. The predicted molar refractivity (Wildman–Crippen MR) is 339 cm³/mol. The molecule has 0 aromatic rings. The van der Waals surface area contributed by atoms with Crippen molar-refractivity contribution in [2.45, 2.75) is 341 Å². The van der Waals surface area contributed by atoms with E-state index in [2.05, 4.69) is 62.5 Å². The summed E-state index contributed by atoms with van der Waals surface area (Å²) in [7, 11) is 1.19. The maximum absolute atomic E-state index is 13.5. The van der Waals surface area contributed by atoms with Crippen LogP contribution in [0.4, 0.5) is 0 Å². The monoisotopic (exact) mass is 1130 g/mol. The molecule has 3 unspecified atom stereocenters. The van der Waals surface area contributed by atoms with Gasteiger partial charge in [-0.1, -0.05) is 275 Å². The van der Waals surface area contributed by atoms with E-state index in [1.807, 2.05) is 33.3 Å². The number of nitrogens with one attached hydrogen (secondary N) is 1. The van der Waals surface area contributed by atoms with Crippen LogP contribution in [0.1, 0.15) is 329 Å². The molecule has 0 aliphatic rings. The van der Waals surface area contributed by atoms with E-state index in [4.69, 9.17) is 13.8 Å². The Morgan fingerprint density at radius 2 is 0.772 bits per heavy atom. The summed E-state index contributed by atoms with van der Waals surface area (Å²) in [6, 6.07) is -0.888. The Balaban J connectivity index is 4.97. The molecule has 0 rings (SSSR count). The summed E-state index contributed by atoms with van der Waals surface area (Å²) in [5.41, 5.74) is 0. The number of rotatable bonds is 62. The molecule has 0 bridgehead atoms. The van der Waals surface area contributed by atoms with Gasteiger partial charge >= 0.3 is 5.97 Å². The van der Waals surface area contributed by atoms with E-state index in [9.17, 15) is 19.0 Å². The van der Waals surface area contributed by atoms with Crippen LogP contribution in [-0.4, -0.2) is 69.4 Å². The van der Waals surface area contributed by atoms with Crippen LogP contribution < -0.4 is 10.2 Å². The maximum atomic E-state index is 13.5. The first-order chi connectivity index (χ1) is 38.4. The third-order valence-electron chi connectivity index (χ3n) is 15.2. The summed E-state index contributed by atoms with van der Waals surface area (Å²) in [5.74, 6) is -0.534. The summed E-state index contributed by atoms with van der Waals surface area (Å²) < 4.78 is 30.4. The number of likely N-dealkylation sites (N-methyl/N-ethyl adjacent to an activating group) is 1. The molecule has 0 saturated carbocycles. The van der Waals surface area contributed by atoms with Crippen LogP contribution in [0, 0.1) is 0 Å². The average Bonchev–Trinajstić information content (AvgIpc) is 3.41. The number of unbranched alkanes of at least 4 members (excludes halogenated alkanes) is 40. The Hall–Kier alpha value is -2.03. The number of carbonyl (C=O) groups is 2. The first kappa shape index (κ1) is 77.0. The normalized spacial score (nSPS) is 13.9. The summed E-state index contributed by atoms with van der Waals surface area (Å²) >= 11 is 0. The Morgan fingerprint density at radius 1 is 0.443 bits per heavy atom. The van der Waals surface area contributed by atoms with Crippen molar-refractivity contribution in [2.75, 3.05) is 40.9 Å². The van der Waals surface area contributed by atoms with Gasteiger partial charge in [0, 0.05) is 12.8 Å². The van der Waals surface area contributed by atoms with Gasteiger partial charge in [0.15, 0.2) is 0 Å². The van der Waals surface area contributed by atoms with Crippen LogP contribution in [0.15, 0.2) is 48.6 Å². The van der Waals surface area contributed by atoms with E-state index in [-0.39, 0.29) is 31.5 Å². The van der Waals surface area contributed by atoms with Gasteiger partial charge in [-0.3, -0.25) is 14.2 Å². The summed E-state index contributed by atoms with van der Waals surface area (Å²) in [6.07, 6.45) is 73.8. The molecule has 0 saturated heterocycles. The van der Waals surface area contributed by atoms with Gasteiger partial charge in [-0.25, -0.2) is 0 Å². The third-order valence-corrected chi connectivity index (χ3v) is 16.2. The molecule has 0 aliphatic carbocycles. The number of allylic oxidation sites excluding steroid dienone is 7. The van der Waals surface area contributed by atoms with Gasteiger partial charge < -0.3 is 28.5 Å². The first-order valence-electron chi connectivity index (χ1n) is 33.9. The van der Waals surface area contributed by atoms with Crippen LogP contribution in [0.3, 0.4) is 0 Å². The molecule has 9 nitrogen and oxygen atoms in total. The van der Waals surface area contributed by atoms with Crippen LogP contribution in [0.25, 0.3) is 0 Å². The molecule has 0 aliphatic heterocycles. The van der Waals surface area contributed by atoms with Crippen molar-refractivity contribution >= 4 is 19.7 Å². The van der Waals surface area contributed by atoms with E-state index >= 15 is 0 Å². The quantitative estimate of drug-likeness (QED) is 0.0212. The Kier molecular flexibility index (Phi) is 57.6. The van der Waals surface area contributed by atoms with Gasteiger partial charge in [0.1, 0.15) is 19.3 Å². The Morgan fingerprint density at radius 3 is 1.19 bits per heavy atom. The van der Waals surface area contributed by atoms with Crippen molar-refractivity contribution < 1.29 is 37.3 Å². The fourth-order valence-electron chi connectivity index (χ4n) is 9.96. The van der Waals surface area contributed by atoms with Crippen molar-refractivity contribution in [3.63, 3.8) is 0 Å². The molecule has 464 valence electrons. The molecular formula is C69H131N2O7P. The minimum Gasteiger partial charge on any atom is -0.756 e. The minimum atomic E-state index is -4.70. The number of esters is 1. The zero-order valence-electron chi connectivity index (χ0n) is 53.1. The van der Waals surface area contributed by atoms with Crippen LogP contribution in [0.5, 0.6) is 0 Å². The smallest absolute Gasteiger partial charge is 0.306 e. The minimum absolute atomic E-state index is 0.0217. The lowest BCUT2D eigenvalue weighted by molar-refractivity contribution is -0.870. The number of nitrogens with zero attached hydrogens (tertiary/aromatic N) is 1. The fourth-order valence-corrected chi connectivity index (χ4v) is 10.7. The van der Waals surface area contributed by atoms with Crippen LogP contribution in [-0.2, 0) is 27.9 Å². The lowest BCUT2D eigenvalue weighted by Crippen LogP contribution is -2.47. The Labute approximate surface area is 490 Å². The maximum Gasteiger partial charge on any atom is 0.306 e. The van der Waals surface area contributed by atoms with E-state index in [0.29, 0.717) is 17.4 Å². The molecule has 0 spiro atoms. The second kappa shape index (κ2) is 59.1. The summed E-state index contributed by atoms with van der Waals surface area (Å²) in [5, 5.41) is 3.03. The zero-order chi connectivity index (χ0) is 57.9.